The van der Waals surface area contributed by atoms with Gasteiger partial charge in [-0.2, -0.15) is 0 Å². The molecule has 0 bridgehead atoms. The first-order valence-corrected chi connectivity index (χ1v) is 9.24. The second-order valence-electron chi connectivity index (χ2n) is 5.32. The molecule has 1 heterocycles. The van der Waals surface area contributed by atoms with Crippen molar-refractivity contribution in [3.8, 4) is 0 Å². The van der Waals surface area contributed by atoms with Gasteiger partial charge in [0.15, 0.2) is 0 Å². The molecular formula is C12H22BrNO3S. The van der Waals surface area contributed by atoms with Gasteiger partial charge >= 0.3 is 0 Å². The number of hydrogen-bond acceptors (Lipinski definition) is 3. The summed E-state index contributed by atoms with van der Waals surface area (Å²) in [5.74, 6) is 0.508. The average Bonchev–Trinajstić information content (AvgIpc) is 2.39. The summed E-state index contributed by atoms with van der Waals surface area (Å²) in [6.07, 6.45) is 5.80. The number of rotatable bonds is 4. The quantitative estimate of drug-likeness (QED) is 0.797. The van der Waals surface area contributed by atoms with Gasteiger partial charge in [0.05, 0.1) is 5.25 Å². The molecule has 0 atom stereocenters. The topological polar surface area (TPSA) is 55.4 Å². The fourth-order valence-electron chi connectivity index (χ4n) is 2.66. The Morgan fingerprint density at radius 1 is 1.06 bits per heavy atom. The highest BCUT2D eigenvalue weighted by atomic mass is 79.9. The molecular weight excluding hydrogens is 318 g/mol. The van der Waals surface area contributed by atoms with Crippen molar-refractivity contribution in [1.29, 1.82) is 0 Å². The first kappa shape index (κ1) is 14.8. The van der Waals surface area contributed by atoms with Crippen molar-refractivity contribution < 1.29 is 13.2 Å². The van der Waals surface area contributed by atoms with Crippen LogP contribution in [-0.4, -0.2) is 38.3 Å². The molecule has 0 amide bonds. The van der Waals surface area contributed by atoms with Gasteiger partial charge < -0.3 is 4.74 Å². The van der Waals surface area contributed by atoms with Gasteiger partial charge in [-0.3, -0.25) is 0 Å². The highest BCUT2D eigenvalue weighted by molar-refractivity contribution is 9.09. The molecule has 0 aromatic heterocycles. The van der Waals surface area contributed by atoms with Gasteiger partial charge in [0.25, 0.3) is 0 Å². The molecule has 1 N–H and O–H groups in total. The summed E-state index contributed by atoms with van der Waals surface area (Å²) < 4.78 is 32.3. The third-order valence-electron chi connectivity index (χ3n) is 3.96. The molecule has 0 unspecified atom stereocenters. The highest BCUT2D eigenvalue weighted by Gasteiger charge is 2.28. The number of hydrogen-bond donors (Lipinski definition) is 1. The maximum Gasteiger partial charge on any atom is 0.214 e. The van der Waals surface area contributed by atoms with Gasteiger partial charge in [-0.25, -0.2) is 13.1 Å². The number of ether oxygens (including phenoxy) is 1. The Morgan fingerprint density at radius 2 is 1.67 bits per heavy atom. The predicted octanol–water partition coefficient (Wildman–Crippen LogP) is 2.04. The summed E-state index contributed by atoms with van der Waals surface area (Å²) in [5, 5.41) is -0.251. The lowest BCUT2D eigenvalue weighted by atomic mass is 9.89. The summed E-state index contributed by atoms with van der Waals surface area (Å²) in [6.45, 7) is 1.75. The Hall–Kier alpha value is 0.350. The van der Waals surface area contributed by atoms with Crippen LogP contribution in [0.3, 0.4) is 0 Å². The van der Waals surface area contributed by atoms with E-state index in [-0.39, 0.29) is 5.25 Å². The lowest BCUT2D eigenvalue weighted by molar-refractivity contribution is 0.0981. The van der Waals surface area contributed by atoms with Crippen molar-refractivity contribution in [1.82, 2.24) is 4.72 Å². The molecule has 106 valence electrons. The normalized spacial score (nSPS) is 31.4. The van der Waals surface area contributed by atoms with Crippen LogP contribution in [0.15, 0.2) is 0 Å². The lowest BCUT2D eigenvalue weighted by Crippen LogP contribution is -2.40. The van der Waals surface area contributed by atoms with Gasteiger partial charge in [-0.1, -0.05) is 15.9 Å². The third-order valence-corrected chi connectivity index (χ3v) is 6.79. The highest BCUT2D eigenvalue weighted by Crippen LogP contribution is 2.28. The van der Waals surface area contributed by atoms with Crippen molar-refractivity contribution in [3.63, 3.8) is 0 Å². The molecule has 0 aromatic rings. The number of sulfonamides is 1. The number of nitrogens with one attached hydrogen (secondary N) is 1. The second-order valence-corrected chi connectivity index (χ2v) is 8.66. The Balaban J connectivity index is 1.77. The summed E-state index contributed by atoms with van der Waals surface area (Å²) in [4.78, 5) is 0.626. The van der Waals surface area contributed by atoms with E-state index in [1.807, 2.05) is 0 Å². The van der Waals surface area contributed by atoms with Gasteiger partial charge in [0.1, 0.15) is 0 Å². The van der Waals surface area contributed by atoms with Crippen LogP contribution < -0.4 is 4.72 Å². The van der Waals surface area contributed by atoms with E-state index in [0.29, 0.717) is 43.3 Å². The van der Waals surface area contributed by atoms with E-state index in [1.165, 1.54) is 0 Å². The summed E-state index contributed by atoms with van der Waals surface area (Å²) in [5.41, 5.74) is 0. The molecule has 18 heavy (non-hydrogen) atoms. The fourth-order valence-corrected chi connectivity index (χ4v) is 4.71. The molecule has 1 aliphatic heterocycles. The van der Waals surface area contributed by atoms with Crippen LogP contribution >= 0.6 is 15.9 Å². The molecule has 4 nitrogen and oxygen atoms in total. The van der Waals surface area contributed by atoms with Gasteiger partial charge in [-0.05, 0) is 44.4 Å². The van der Waals surface area contributed by atoms with E-state index in [0.717, 1.165) is 25.7 Å². The number of alkyl halides is 1. The molecule has 0 radical (unpaired) electrons. The van der Waals surface area contributed by atoms with Crippen molar-refractivity contribution in [2.24, 2.45) is 5.92 Å². The Labute approximate surface area is 118 Å². The van der Waals surface area contributed by atoms with Gasteiger partial charge in [0.2, 0.25) is 10.0 Å². The molecule has 0 aromatic carbocycles. The van der Waals surface area contributed by atoms with Gasteiger partial charge in [0, 0.05) is 24.6 Å². The monoisotopic (exact) mass is 339 g/mol. The van der Waals surface area contributed by atoms with Crippen LogP contribution in [0.2, 0.25) is 0 Å². The van der Waals surface area contributed by atoms with Crippen LogP contribution in [-0.2, 0) is 14.8 Å². The van der Waals surface area contributed by atoms with Crippen LogP contribution in [0.1, 0.15) is 38.5 Å². The first-order chi connectivity index (χ1) is 8.58. The van der Waals surface area contributed by atoms with Crippen LogP contribution in [0, 0.1) is 5.92 Å². The van der Waals surface area contributed by atoms with E-state index in [4.69, 9.17) is 4.74 Å². The van der Waals surface area contributed by atoms with Crippen LogP contribution in [0.5, 0.6) is 0 Å². The Bertz CT molecular complexity index is 346. The molecule has 2 fully saturated rings. The zero-order valence-electron chi connectivity index (χ0n) is 10.6. The summed E-state index contributed by atoms with van der Waals surface area (Å²) >= 11 is 3.62. The summed E-state index contributed by atoms with van der Waals surface area (Å²) in [6, 6.07) is 0. The molecule has 2 rings (SSSR count). The molecule has 6 heteroatoms. The van der Waals surface area contributed by atoms with Crippen molar-refractivity contribution in [3.05, 3.63) is 0 Å². The van der Waals surface area contributed by atoms with E-state index >= 15 is 0 Å². The standard InChI is InChI=1S/C12H22BrNO3S/c13-11-3-1-10(2-4-11)9-14-18(15,16)12-5-7-17-8-6-12/h10-12,14H,1-9H2. The van der Waals surface area contributed by atoms with Crippen LogP contribution in [0.25, 0.3) is 0 Å². The van der Waals surface area contributed by atoms with E-state index in [1.54, 1.807) is 0 Å². The van der Waals surface area contributed by atoms with Crippen molar-refractivity contribution in [2.75, 3.05) is 19.8 Å². The Morgan fingerprint density at radius 3 is 2.28 bits per heavy atom. The van der Waals surface area contributed by atoms with E-state index in [2.05, 4.69) is 20.7 Å². The largest absolute Gasteiger partial charge is 0.381 e. The molecule has 1 aliphatic carbocycles. The molecule has 1 saturated carbocycles. The predicted molar refractivity (Wildman–Crippen MR) is 75.4 cm³/mol. The van der Waals surface area contributed by atoms with E-state index in [9.17, 15) is 8.42 Å². The third kappa shape index (κ3) is 4.18. The average molecular weight is 340 g/mol. The molecule has 0 spiro atoms. The summed E-state index contributed by atoms with van der Waals surface area (Å²) in [7, 11) is -3.14. The zero-order valence-corrected chi connectivity index (χ0v) is 13.0. The smallest absolute Gasteiger partial charge is 0.214 e. The maximum atomic E-state index is 12.1. The zero-order chi connectivity index (χ0) is 13.0. The van der Waals surface area contributed by atoms with Gasteiger partial charge in [-0.15, -0.1) is 0 Å². The fraction of sp³-hybridized carbons (Fsp3) is 1.00. The second kappa shape index (κ2) is 6.68. The molecule has 1 saturated heterocycles. The van der Waals surface area contributed by atoms with E-state index < -0.39 is 10.0 Å². The maximum absolute atomic E-state index is 12.1. The Kier molecular flexibility index (Phi) is 5.47. The minimum atomic E-state index is -3.14. The van der Waals surface area contributed by atoms with Crippen molar-refractivity contribution in [2.45, 2.75) is 48.6 Å². The van der Waals surface area contributed by atoms with Crippen molar-refractivity contribution >= 4 is 26.0 Å². The lowest BCUT2D eigenvalue weighted by Gasteiger charge is -2.27. The molecule has 2 aliphatic rings. The minimum Gasteiger partial charge on any atom is -0.381 e. The number of halogens is 1. The SMILES string of the molecule is O=S(=O)(NCC1CCC(Br)CC1)C1CCOCC1. The minimum absolute atomic E-state index is 0.251. The van der Waals surface area contributed by atoms with Crippen LogP contribution in [0.4, 0.5) is 0 Å². The first-order valence-electron chi connectivity index (χ1n) is 6.78.